The Bertz CT molecular complexity index is 1610. The normalized spacial score (nSPS) is 19.2. The van der Waals surface area contributed by atoms with Gasteiger partial charge in [-0.15, -0.1) is 0 Å². The molecular formula is C31H30N2O7S. The van der Waals surface area contributed by atoms with Gasteiger partial charge in [0, 0.05) is 18.9 Å². The fourth-order valence-electron chi connectivity index (χ4n) is 5.11. The Morgan fingerprint density at radius 3 is 2.68 bits per heavy atom. The molecule has 10 heteroatoms. The second-order valence-corrected chi connectivity index (χ2v) is 10.8. The Balaban J connectivity index is 1.70. The third-order valence-electron chi connectivity index (χ3n) is 6.87. The number of Topliss-reactive ketones (excluding diaryl/α,β-unsaturated/α-hetero) is 2. The number of aromatic nitrogens is 1. The van der Waals surface area contributed by atoms with E-state index in [4.69, 9.17) is 14.2 Å². The minimum Gasteiger partial charge on any atom is -0.507 e. The lowest BCUT2D eigenvalue weighted by Crippen LogP contribution is -2.29. The average Bonchev–Trinajstić information content (AvgIpc) is 3.59. The van der Waals surface area contributed by atoms with E-state index in [0.717, 1.165) is 22.6 Å². The van der Waals surface area contributed by atoms with Crippen molar-refractivity contribution in [1.29, 1.82) is 0 Å². The van der Waals surface area contributed by atoms with Gasteiger partial charge in [-0.05, 0) is 62.2 Å². The van der Waals surface area contributed by atoms with Crippen molar-refractivity contribution in [1.82, 2.24) is 4.98 Å². The quantitative estimate of drug-likeness (QED) is 0.116. The van der Waals surface area contributed by atoms with E-state index in [1.54, 1.807) is 49.4 Å². The van der Waals surface area contributed by atoms with Gasteiger partial charge in [0.15, 0.2) is 22.4 Å². The molecule has 2 aromatic carbocycles. The lowest BCUT2D eigenvalue weighted by molar-refractivity contribution is -0.132. The predicted octanol–water partition coefficient (Wildman–Crippen LogP) is 5.57. The van der Waals surface area contributed by atoms with Crippen LogP contribution in [0.2, 0.25) is 0 Å². The standard InChI is InChI=1S/C31H30N2O7S/c1-6-12-39-23-11-8-19(15-24(23)38-7-2)26-25(27(35)20-9-10-22-21(14-20)13-16(3)40-22)28(36)30(37)33(26)31-32-17(4)29(41-31)18(5)34/h6,8-11,14-16,26,35H,1,7,12-13H2,2-5H3/b27-25+. The smallest absolute Gasteiger partial charge is 0.301 e. The Labute approximate surface area is 241 Å². The predicted molar refractivity (Wildman–Crippen MR) is 155 cm³/mol. The third kappa shape index (κ3) is 5.11. The number of ketones is 2. The number of rotatable bonds is 9. The van der Waals surface area contributed by atoms with Crippen LogP contribution in [0.15, 0.2) is 54.6 Å². The number of anilines is 1. The first kappa shape index (κ1) is 28.1. The van der Waals surface area contributed by atoms with Crippen molar-refractivity contribution in [2.75, 3.05) is 18.1 Å². The van der Waals surface area contributed by atoms with Gasteiger partial charge >= 0.3 is 5.91 Å². The molecule has 2 unspecified atom stereocenters. The summed E-state index contributed by atoms with van der Waals surface area (Å²) in [6.07, 6.45) is 2.26. The van der Waals surface area contributed by atoms with Crippen LogP contribution in [-0.2, 0) is 16.0 Å². The molecule has 0 saturated carbocycles. The van der Waals surface area contributed by atoms with Gasteiger partial charge < -0.3 is 19.3 Å². The first-order valence-electron chi connectivity index (χ1n) is 13.2. The highest BCUT2D eigenvalue weighted by molar-refractivity contribution is 7.18. The Morgan fingerprint density at radius 2 is 2.00 bits per heavy atom. The molecule has 1 aromatic heterocycles. The van der Waals surface area contributed by atoms with Crippen molar-refractivity contribution in [3.8, 4) is 17.2 Å². The number of amides is 1. The van der Waals surface area contributed by atoms with E-state index in [1.165, 1.54) is 11.8 Å². The van der Waals surface area contributed by atoms with E-state index in [1.807, 2.05) is 13.8 Å². The topological polar surface area (TPSA) is 115 Å². The van der Waals surface area contributed by atoms with Crippen LogP contribution in [0.5, 0.6) is 17.2 Å². The van der Waals surface area contributed by atoms with Crippen LogP contribution in [0.4, 0.5) is 5.13 Å². The number of aliphatic hydroxyl groups excluding tert-OH is 1. The minimum absolute atomic E-state index is 0.00426. The lowest BCUT2D eigenvalue weighted by Gasteiger charge is -2.24. The highest BCUT2D eigenvalue weighted by atomic mass is 32.1. The summed E-state index contributed by atoms with van der Waals surface area (Å²) in [5.74, 6) is -0.648. The number of hydrogen-bond acceptors (Lipinski definition) is 9. The van der Waals surface area contributed by atoms with Gasteiger partial charge in [0.05, 0.1) is 28.8 Å². The Hall–Kier alpha value is -4.44. The van der Waals surface area contributed by atoms with Gasteiger partial charge in [0.2, 0.25) is 0 Å². The number of benzene rings is 2. The molecule has 0 bridgehead atoms. The van der Waals surface area contributed by atoms with E-state index in [0.29, 0.717) is 46.2 Å². The number of aryl methyl sites for hydroxylation is 1. The molecule has 9 nitrogen and oxygen atoms in total. The molecular weight excluding hydrogens is 544 g/mol. The highest BCUT2D eigenvalue weighted by Crippen LogP contribution is 2.46. The fraction of sp³-hybridized carbons (Fsp3) is 0.290. The molecule has 1 fully saturated rings. The molecule has 1 N–H and O–H groups in total. The third-order valence-corrected chi connectivity index (χ3v) is 8.12. The first-order valence-corrected chi connectivity index (χ1v) is 14.1. The van der Waals surface area contributed by atoms with Crippen LogP contribution in [0, 0.1) is 6.92 Å². The fourth-order valence-corrected chi connectivity index (χ4v) is 6.10. The molecule has 3 aromatic rings. The summed E-state index contributed by atoms with van der Waals surface area (Å²) in [7, 11) is 0. The van der Waals surface area contributed by atoms with E-state index in [-0.39, 0.29) is 35.0 Å². The number of carbonyl (C=O) groups is 3. The minimum atomic E-state index is -1.04. The maximum Gasteiger partial charge on any atom is 0.301 e. The van der Waals surface area contributed by atoms with Crippen LogP contribution in [0.1, 0.15) is 58.9 Å². The maximum atomic E-state index is 13.6. The zero-order chi connectivity index (χ0) is 29.4. The van der Waals surface area contributed by atoms with Crippen LogP contribution < -0.4 is 19.1 Å². The van der Waals surface area contributed by atoms with Crippen molar-refractivity contribution in [2.45, 2.75) is 46.3 Å². The molecule has 5 rings (SSSR count). The van der Waals surface area contributed by atoms with Crippen molar-refractivity contribution >= 4 is 39.7 Å². The largest absolute Gasteiger partial charge is 0.507 e. The summed E-state index contributed by atoms with van der Waals surface area (Å²) in [5, 5.41) is 11.8. The SMILES string of the molecule is C=CCOc1ccc(C2/C(=C(\O)c3ccc4c(c3)CC(C)O4)C(=O)C(=O)N2c2nc(C)c(C(C)=O)s2)cc1OCC. The summed E-state index contributed by atoms with van der Waals surface area (Å²) in [6.45, 7) is 11.2. The van der Waals surface area contributed by atoms with Gasteiger partial charge in [-0.3, -0.25) is 19.3 Å². The summed E-state index contributed by atoms with van der Waals surface area (Å²) >= 11 is 1.03. The maximum absolute atomic E-state index is 13.6. The molecule has 0 radical (unpaired) electrons. The second kappa shape index (κ2) is 11.2. The van der Waals surface area contributed by atoms with E-state index in [2.05, 4.69) is 11.6 Å². The number of aliphatic hydroxyl groups is 1. The van der Waals surface area contributed by atoms with Crippen molar-refractivity contribution < 1.29 is 33.7 Å². The number of ether oxygens (including phenoxy) is 3. The zero-order valence-corrected chi connectivity index (χ0v) is 24.0. The summed E-state index contributed by atoms with van der Waals surface area (Å²) in [5.41, 5.74) is 2.14. The lowest BCUT2D eigenvalue weighted by atomic mass is 9.94. The Morgan fingerprint density at radius 1 is 1.22 bits per heavy atom. The number of carbonyl (C=O) groups excluding carboxylic acids is 3. The number of nitrogens with zero attached hydrogens (tertiary/aromatic N) is 2. The molecule has 1 amide bonds. The molecule has 3 heterocycles. The molecule has 2 atom stereocenters. The van der Waals surface area contributed by atoms with E-state index in [9.17, 15) is 19.5 Å². The number of thiazole rings is 1. The van der Waals surface area contributed by atoms with Gasteiger partial charge in [-0.1, -0.05) is 30.1 Å². The first-order chi connectivity index (χ1) is 19.6. The second-order valence-electron chi connectivity index (χ2n) is 9.83. The van der Waals surface area contributed by atoms with E-state index < -0.39 is 17.7 Å². The van der Waals surface area contributed by atoms with Crippen molar-refractivity contribution in [2.24, 2.45) is 0 Å². The van der Waals surface area contributed by atoms with Gasteiger partial charge in [-0.25, -0.2) is 4.98 Å². The summed E-state index contributed by atoms with van der Waals surface area (Å²) in [4.78, 5) is 45.5. The van der Waals surface area contributed by atoms with Crippen LogP contribution in [0.3, 0.4) is 0 Å². The van der Waals surface area contributed by atoms with Crippen LogP contribution in [0.25, 0.3) is 5.76 Å². The average molecular weight is 575 g/mol. The number of hydrogen-bond donors (Lipinski definition) is 1. The van der Waals surface area contributed by atoms with Gasteiger partial charge in [0.25, 0.3) is 5.78 Å². The van der Waals surface area contributed by atoms with Crippen LogP contribution >= 0.6 is 11.3 Å². The number of fused-ring (bicyclic) bond motifs is 1. The van der Waals surface area contributed by atoms with Crippen LogP contribution in [-0.4, -0.2) is 46.9 Å². The zero-order valence-electron chi connectivity index (χ0n) is 23.2. The summed E-state index contributed by atoms with van der Waals surface area (Å²) in [6, 6.07) is 9.23. The van der Waals surface area contributed by atoms with Gasteiger partial charge in [0.1, 0.15) is 24.2 Å². The van der Waals surface area contributed by atoms with Crippen molar-refractivity contribution in [3.63, 3.8) is 0 Å². The van der Waals surface area contributed by atoms with Crippen molar-refractivity contribution in [3.05, 3.63) is 81.9 Å². The molecule has 41 heavy (non-hydrogen) atoms. The molecule has 2 aliphatic heterocycles. The van der Waals surface area contributed by atoms with Gasteiger partial charge in [-0.2, -0.15) is 0 Å². The highest BCUT2D eigenvalue weighted by Gasteiger charge is 2.48. The molecule has 0 spiro atoms. The molecule has 212 valence electrons. The molecule has 2 aliphatic rings. The van der Waals surface area contributed by atoms with E-state index >= 15 is 0 Å². The summed E-state index contributed by atoms with van der Waals surface area (Å²) < 4.78 is 17.4. The molecule has 1 saturated heterocycles. The monoisotopic (exact) mass is 574 g/mol. The Kier molecular flexibility index (Phi) is 7.68. The molecule has 0 aliphatic carbocycles.